The van der Waals surface area contributed by atoms with Crippen molar-refractivity contribution < 1.29 is 13.2 Å². The minimum absolute atomic E-state index is 0.0890. The number of aryl methyl sites for hydroxylation is 2. The van der Waals surface area contributed by atoms with Crippen LogP contribution in [0.25, 0.3) is 0 Å². The molecule has 1 heterocycles. The largest absolute Gasteiger partial charge is 0.367 e. The van der Waals surface area contributed by atoms with Gasteiger partial charge < -0.3 is 9.80 Å². The summed E-state index contributed by atoms with van der Waals surface area (Å²) >= 11 is 6.34. The number of anilines is 1. The Hall–Kier alpha value is -2.83. The van der Waals surface area contributed by atoms with Crippen LogP contribution >= 0.6 is 11.6 Å². The Bertz CT molecular complexity index is 1310. The molecule has 0 bridgehead atoms. The van der Waals surface area contributed by atoms with Crippen molar-refractivity contribution in [2.45, 2.75) is 43.8 Å². The summed E-state index contributed by atoms with van der Waals surface area (Å²) in [4.78, 5) is 17.5. The molecule has 4 rings (SSSR count). The van der Waals surface area contributed by atoms with Gasteiger partial charge in [0.05, 0.1) is 21.4 Å². The number of para-hydroxylation sites is 1. The summed E-state index contributed by atoms with van der Waals surface area (Å²) in [5, 5.41) is 0.696. The van der Waals surface area contributed by atoms with E-state index in [-0.39, 0.29) is 16.6 Å². The zero-order valence-electron chi connectivity index (χ0n) is 20.9. The number of carbonyl (C=O) groups is 1. The number of hydrogen-bond donors (Lipinski definition) is 0. The van der Waals surface area contributed by atoms with Gasteiger partial charge in [-0.3, -0.25) is 4.79 Å². The third-order valence-corrected chi connectivity index (χ3v) is 8.76. The monoisotopic (exact) mass is 524 g/mol. The number of carbonyl (C=O) groups excluding carboxylic acids is 1. The third-order valence-electron chi connectivity index (χ3n) is 6.76. The standard InChI is InChI=1S/C29H33ClN2O3S/c1-3-4-7-23-11-13-24(14-12-23)21-36(34,35)25-15-10-22(2)26(20-25)29(33)32-18-16-31(17-19-32)28-9-6-5-8-27(28)30/h5-6,8-15,20H,3-4,7,16-19,21H2,1-2H3. The first kappa shape index (κ1) is 26.2. The number of nitrogens with zero attached hydrogens (tertiary/aromatic N) is 2. The van der Waals surface area contributed by atoms with Gasteiger partial charge >= 0.3 is 0 Å². The third kappa shape index (κ3) is 6.11. The average molecular weight is 525 g/mol. The molecule has 3 aromatic carbocycles. The van der Waals surface area contributed by atoms with Crippen molar-refractivity contribution in [3.05, 3.63) is 94.0 Å². The second kappa shape index (κ2) is 11.5. The molecule has 0 unspecified atom stereocenters. The second-order valence-corrected chi connectivity index (χ2v) is 11.8. The van der Waals surface area contributed by atoms with Crippen LogP contribution in [0.2, 0.25) is 5.02 Å². The highest BCUT2D eigenvalue weighted by molar-refractivity contribution is 7.90. The lowest BCUT2D eigenvalue weighted by atomic mass is 10.1. The van der Waals surface area contributed by atoms with E-state index >= 15 is 0 Å². The van der Waals surface area contributed by atoms with E-state index in [2.05, 4.69) is 11.8 Å². The Kier molecular flexibility index (Phi) is 8.37. The van der Waals surface area contributed by atoms with E-state index in [1.165, 1.54) is 5.56 Å². The summed E-state index contributed by atoms with van der Waals surface area (Å²) in [6, 6.07) is 20.4. The van der Waals surface area contributed by atoms with Crippen molar-refractivity contribution in [1.82, 2.24) is 4.90 Å². The van der Waals surface area contributed by atoms with E-state index in [0.29, 0.717) is 36.8 Å². The van der Waals surface area contributed by atoms with Crippen molar-refractivity contribution in [3.8, 4) is 0 Å². The summed E-state index contributed by atoms with van der Waals surface area (Å²) in [6.45, 7) is 6.43. The molecule has 1 amide bonds. The van der Waals surface area contributed by atoms with Gasteiger partial charge in [0.2, 0.25) is 0 Å². The zero-order chi connectivity index (χ0) is 25.7. The van der Waals surface area contributed by atoms with Crippen LogP contribution in [-0.2, 0) is 22.0 Å². The number of unbranched alkanes of at least 4 members (excludes halogenated alkanes) is 1. The van der Waals surface area contributed by atoms with Crippen molar-refractivity contribution in [2.75, 3.05) is 31.1 Å². The highest BCUT2D eigenvalue weighted by Gasteiger charge is 2.26. The molecule has 0 atom stereocenters. The molecule has 0 aromatic heterocycles. The number of amides is 1. The van der Waals surface area contributed by atoms with Gasteiger partial charge in [-0.25, -0.2) is 8.42 Å². The normalized spacial score (nSPS) is 14.2. The fraction of sp³-hybridized carbons (Fsp3) is 0.345. The first-order chi connectivity index (χ1) is 17.3. The molecule has 190 valence electrons. The Morgan fingerprint density at radius 2 is 1.58 bits per heavy atom. The van der Waals surface area contributed by atoms with Gasteiger partial charge in [0.15, 0.2) is 9.84 Å². The Balaban J connectivity index is 1.46. The predicted octanol–water partition coefficient (Wildman–Crippen LogP) is 5.93. The Labute approximate surface area is 219 Å². The second-order valence-electron chi connectivity index (χ2n) is 9.39. The van der Waals surface area contributed by atoms with E-state index in [4.69, 9.17) is 11.6 Å². The number of rotatable bonds is 8. The number of halogens is 1. The molecule has 0 saturated carbocycles. The van der Waals surface area contributed by atoms with Gasteiger partial charge in [0.25, 0.3) is 5.91 Å². The first-order valence-corrected chi connectivity index (χ1v) is 14.5. The van der Waals surface area contributed by atoms with E-state index in [0.717, 1.165) is 36.1 Å². The number of hydrogen-bond acceptors (Lipinski definition) is 4. The van der Waals surface area contributed by atoms with E-state index in [1.54, 1.807) is 23.1 Å². The quantitative estimate of drug-likeness (QED) is 0.366. The maximum atomic E-state index is 13.4. The van der Waals surface area contributed by atoms with Crippen LogP contribution in [0.4, 0.5) is 5.69 Å². The van der Waals surface area contributed by atoms with Gasteiger partial charge in [-0.15, -0.1) is 0 Å². The Morgan fingerprint density at radius 3 is 2.25 bits per heavy atom. The van der Waals surface area contributed by atoms with E-state index < -0.39 is 9.84 Å². The predicted molar refractivity (Wildman–Crippen MR) is 147 cm³/mol. The van der Waals surface area contributed by atoms with Crippen LogP contribution < -0.4 is 4.90 Å². The lowest BCUT2D eigenvalue weighted by Gasteiger charge is -2.36. The molecule has 1 aliphatic rings. The zero-order valence-corrected chi connectivity index (χ0v) is 22.5. The summed E-state index contributed by atoms with van der Waals surface area (Å²) in [7, 11) is -3.59. The molecule has 3 aromatic rings. The van der Waals surface area contributed by atoms with Crippen LogP contribution in [0.1, 0.15) is 46.8 Å². The minimum atomic E-state index is -3.59. The lowest BCUT2D eigenvalue weighted by molar-refractivity contribution is 0.0746. The van der Waals surface area contributed by atoms with Crippen LogP contribution in [0.15, 0.2) is 71.6 Å². The topological polar surface area (TPSA) is 57.7 Å². The molecule has 36 heavy (non-hydrogen) atoms. The molecular formula is C29H33ClN2O3S. The molecule has 0 spiro atoms. The SMILES string of the molecule is CCCCc1ccc(CS(=O)(=O)c2ccc(C)c(C(=O)N3CCN(c4ccccc4Cl)CC3)c2)cc1. The average Bonchev–Trinajstić information content (AvgIpc) is 2.88. The molecule has 5 nitrogen and oxygen atoms in total. The van der Waals surface area contributed by atoms with Crippen molar-refractivity contribution in [2.24, 2.45) is 0 Å². The molecule has 0 N–H and O–H groups in total. The summed E-state index contributed by atoms with van der Waals surface area (Å²) in [6.07, 6.45) is 3.24. The fourth-order valence-electron chi connectivity index (χ4n) is 4.54. The van der Waals surface area contributed by atoms with Gasteiger partial charge in [-0.1, -0.05) is 67.4 Å². The summed E-state index contributed by atoms with van der Waals surface area (Å²) in [5.41, 5.74) is 4.15. The Morgan fingerprint density at radius 1 is 0.917 bits per heavy atom. The van der Waals surface area contributed by atoms with Gasteiger partial charge in [0.1, 0.15) is 0 Å². The summed E-state index contributed by atoms with van der Waals surface area (Å²) in [5.74, 6) is -0.225. The lowest BCUT2D eigenvalue weighted by Crippen LogP contribution is -2.49. The van der Waals surface area contributed by atoms with Crippen LogP contribution in [0.3, 0.4) is 0 Å². The number of sulfone groups is 1. The maximum Gasteiger partial charge on any atom is 0.254 e. The highest BCUT2D eigenvalue weighted by Crippen LogP contribution is 2.27. The molecule has 1 aliphatic heterocycles. The molecule has 0 radical (unpaired) electrons. The van der Waals surface area contributed by atoms with Gasteiger partial charge in [-0.05, 0) is 60.7 Å². The van der Waals surface area contributed by atoms with Crippen molar-refractivity contribution in [3.63, 3.8) is 0 Å². The molecule has 1 saturated heterocycles. The van der Waals surface area contributed by atoms with E-state index in [9.17, 15) is 13.2 Å². The van der Waals surface area contributed by atoms with Crippen molar-refractivity contribution >= 4 is 33.0 Å². The minimum Gasteiger partial charge on any atom is -0.367 e. The summed E-state index contributed by atoms with van der Waals surface area (Å²) < 4.78 is 26.4. The molecule has 0 aliphatic carbocycles. The maximum absolute atomic E-state index is 13.4. The number of benzene rings is 3. The molecule has 1 fully saturated rings. The first-order valence-electron chi connectivity index (χ1n) is 12.5. The molecule has 7 heteroatoms. The number of piperazine rings is 1. The van der Waals surface area contributed by atoms with Crippen molar-refractivity contribution in [1.29, 1.82) is 0 Å². The van der Waals surface area contributed by atoms with Gasteiger partial charge in [0, 0.05) is 31.7 Å². The molecular weight excluding hydrogens is 492 g/mol. The smallest absolute Gasteiger partial charge is 0.254 e. The van der Waals surface area contributed by atoms with Crippen LogP contribution in [-0.4, -0.2) is 45.4 Å². The fourth-order valence-corrected chi connectivity index (χ4v) is 6.17. The highest BCUT2D eigenvalue weighted by atomic mass is 35.5. The van der Waals surface area contributed by atoms with E-state index in [1.807, 2.05) is 55.5 Å². The van der Waals surface area contributed by atoms with Gasteiger partial charge in [-0.2, -0.15) is 0 Å². The van der Waals surface area contributed by atoms with Crippen LogP contribution in [0.5, 0.6) is 0 Å². The van der Waals surface area contributed by atoms with Crippen LogP contribution in [0, 0.1) is 6.92 Å².